The van der Waals surface area contributed by atoms with Crippen molar-refractivity contribution in [1.29, 1.82) is 0 Å². The summed E-state index contributed by atoms with van der Waals surface area (Å²) in [5.74, 6) is -0.151. The van der Waals surface area contributed by atoms with Crippen LogP contribution in [0.3, 0.4) is 0 Å². The van der Waals surface area contributed by atoms with Gasteiger partial charge in [-0.2, -0.15) is 0 Å². The molecule has 1 fully saturated rings. The lowest BCUT2D eigenvalue weighted by atomic mass is 9.79. The van der Waals surface area contributed by atoms with Crippen LogP contribution in [0.2, 0.25) is 0 Å². The van der Waals surface area contributed by atoms with Gasteiger partial charge in [0.25, 0.3) is 0 Å². The zero-order valence-corrected chi connectivity index (χ0v) is 12.3. The van der Waals surface area contributed by atoms with Crippen molar-refractivity contribution in [1.82, 2.24) is 9.88 Å². The SMILES string of the molecule is Cn1ccc2cccc(NC(=O)[C@@]3(C)CCNC(=O)C3)c21. The van der Waals surface area contributed by atoms with Gasteiger partial charge in [0.2, 0.25) is 11.8 Å². The summed E-state index contributed by atoms with van der Waals surface area (Å²) in [6.45, 7) is 2.41. The van der Waals surface area contributed by atoms with Crippen LogP contribution in [0.1, 0.15) is 19.8 Å². The Kier molecular flexibility index (Phi) is 3.20. The van der Waals surface area contributed by atoms with Crippen molar-refractivity contribution in [3.8, 4) is 0 Å². The van der Waals surface area contributed by atoms with E-state index in [9.17, 15) is 9.59 Å². The number of carbonyl (C=O) groups is 2. The molecule has 1 aromatic heterocycles. The standard InChI is InChI=1S/C16H19N3O2/c1-16(7-8-17-13(20)10-16)15(21)18-12-5-3-4-11-6-9-19(2)14(11)12/h3-6,9H,7-8,10H2,1-2H3,(H,17,20)(H,18,21)/t16-/m0/s1. The van der Waals surface area contributed by atoms with Crippen LogP contribution in [-0.2, 0) is 16.6 Å². The number of nitrogens with zero attached hydrogens (tertiary/aromatic N) is 1. The molecule has 110 valence electrons. The van der Waals surface area contributed by atoms with Gasteiger partial charge in [-0.15, -0.1) is 0 Å². The Morgan fingerprint density at radius 2 is 2.19 bits per heavy atom. The smallest absolute Gasteiger partial charge is 0.230 e. The second-order valence-electron chi connectivity index (χ2n) is 5.96. The van der Waals surface area contributed by atoms with Crippen LogP contribution >= 0.6 is 0 Å². The number of benzene rings is 1. The summed E-state index contributed by atoms with van der Waals surface area (Å²) in [7, 11) is 1.95. The molecule has 1 aliphatic rings. The number of carbonyl (C=O) groups excluding carboxylic acids is 2. The lowest BCUT2D eigenvalue weighted by Gasteiger charge is -2.31. The van der Waals surface area contributed by atoms with Crippen LogP contribution in [0.25, 0.3) is 10.9 Å². The van der Waals surface area contributed by atoms with Crippen molar-refractivity contribution in [2.45, 2.75) is 19.8 Å². The zero-order chi connectivity index (χ0) is 15.0. The number of piperidine rings is 1. The van der Waals surface area contributed by atoms with E-state index in [1.807, 2.05) is 49.0 Å². The Balaban J connectivity index is 1.90. The Morgan fingerprint density at radius 3 is 2.95 bits per heavy atom. The van der Waals surface area contributed by atoms with E-state index in [4.69, 9.17) is 0 Å². The minimum absolute atomic E-state index is 0.0593. The zero-order valence-electron chi connectivity index (χ0n) is 12.3. The highest BCUT2D eigenvalue weighted by Gasteiger charge is 2.38. The third-order valence-corrected chi connectivity index (χ3v) is 4.24. The van der Waals surface area contributed by atoms with Gasteiger partial charge >= 0.3 is 0 Å². The normalized spacial score (nSPS) is 22.1. The number of rotatable bonds is 2. The Hall–Kier alpha value is -2.30. The molecule has 0 bridgehead atoms. The Bertz CT molecular complexity index is 719. The maximum absolute atomic E-state index is 12.6. The highest BCUT2D eigenvalue weighted by atomic mass is 16.2. The fourth-order valence-corrected chi connectivity index (χ4v) is 2.91. The molecule has 3 rings (SSSR count). The van der Waals surface area contributed by atoms with Crippen molar-refractivity contribution >= 4 is 28.4 Å². The van der Waals surface area contributed by atoms with Gasteiger partial charge in [-0.25, -0.2) is 0 Å². The largest absolute Gasteiger partial charge is 0.356 e. The minimum atomic E-state index is -0.643. The number of fused-ring (bicyclic) bond motifs is 1. The molecule has 0 aliphatic carbocycles. The number of aryl methyl sites for hydroxylation is 1. The van der Waals surface area contributed by atoms with Crippen LogP contribution in [0.4, 0.5) is 5.69 Å². The van der Waals surface area contributed by atoms with E-state index in [0.29, 0.717) is 13.0 Å². The summed E-state index contributed by atoms with van der Waals surface area (Å²) in [4.78, 5) is 24.2. The maximum Gasteiger partial charge on any atom is 0.230 e. The number of amides is 2. The van der Waals surface area contributed by atoms with Crippen LogP contribution in [0.15, 0.2) is 30.5 Å². The van der Waals surface area contributed by atoms with Crippen LogP contribution in [0, 0.1) is 5.41 Å². The van der Waals surface area contributed by atoms with Crippen molar-refractivity contribution in [2.75, 3.05) is 11.9 Å². The first-order chi connectivity index (χ1) is 9.99. The molecule has 2 heterocycles. The second kappa shape index (κ2) is 4.91. The van der Waals surface area contributed by atoms with Crippen molar-refractivity contribution in [2.24, 2.45) is 12.5 Å². The second-order valence-corrected chi connectivity index (χ2v) is 5.96. The summed E-state index contributed by atoms with van der Waals surface area (Å²) in [5, 5.41) is 6.86. The Morgan fingerprint density at radius 1 is 1.38 bits per heavy atom. The van der Waals surface area contributed by atoms with Gasteiger partial charge in [0.1, 0.15) is 0 Å². The molecule has 1 aliphatic heterocycles. The molecule has 2 N–H and O–H groups in total. The van der Waals surface area contributed by atoms with E-state index in [2.05, 4.69) is 10.6 Å². The van der Waals surface area contributed by atoms with Crippen molar-refractivity contribution in [3.05, 3.63) is 30.5 Å². The molecule has 0 unspecified atom stereocenters. The van der Waals surface area contributed by atoms with Crippen LogP contribution in [0.5, 0.6) is 0 Å². The number of nitrogens with one attached hydrogen (secondary N) is 2. The average molecular weight is 285 g/mol. The lowest BCUT2D eigenvalue weighted by Crippen LogP contribution is -2.45. The van der Waals surface area contributed by atoms with E-state index in [1.54, 1.807) is 0 Å². The molecule has 1 atom stereocenters. The van der Waals surface area contributed by atoms with E-state index < -0.39 is 5.41 Å². The molecule has 0 saturated carbocycles. The molecule has 1 saturated heterocycles. The number of hydrogen-bond donors (Lipinski definition) is 2. The molecular formula is C16H19N3O2. The number of para-hydroxylation sites is 1. The van der Waals surface area contributed by atoms with E-state index in [1.165, 1.54) is 0 Å². The molecule has 5 nitrogen and oxygen atoms in total. The molecule has 2 amide bonds. The van der Waals surface area contributed by atoms with Crippen molar-refractivity contribution in [3.63, 3.8) is 0 Å². The average Bonchev–Trinajstić information content (AvgIpc) is 2.81. The molecule has 0 spiro atoms. The predicted octanol–water partition coefficient (Wildman–Crippen LogP) is 2.03. The molecule has 5 heteroatoms. The molecule has 2 aromatic rings. The summed E-state index contributed by atoms with van der Waals surface area (Å²) in [5.41, 5.74) is 1.14. The van der Waals surface area contributed by atoms with Gasteiger partial charge in [0.05, 0.1) is 16.6 Å². The maximum atomic E-state index is 12.6. The lowest BCUT2D eigenvalue weighted by molar-refractivity contribution is -0.134. The number of anilines is 1. The predicted molar refractivity (Wildman–Crippen MR) is 81.9 cm³/mol. The number of hydrogen-bond acceptors (Lipinski definition) is 2. The highest BCUT2D eigenvalue weighted by Crippen LogP contribution is 2.32. The van der Waals surface area contributed by atoms with Crippen molar-refractivity contribution < 1.29 is 9.59 Å². The van der Waals surface area contributed by atoms with E-state index >= 15 is 0 Å². The summed E-state index contributed by atoms with van der Waals surface area (Å²) in [6.07, 6.45) is 2.87. The fraction of sp³-hybridized carbons (Fsp3) is 0.375. The summed E-state index contributed by atoms with van der Waals surface area (Å²) >= 11 is 0. The topological polar surface area (TPSA) is 63.1 Å². The van der Waals surface area contributed by atoms with Crippen LogP contribution < -0.4 is 10.6 Å². The third-order valence-electron chi connectivity index (χ3n) is 4.24. The monoisotopic (exact) mass is 285 g/mol. The van der Waals surface area contributed by atoms with E-state index in [0.717, 1.165) is 16.6 Å². The third kappa shape index (κ3) is 2.39. The fourth-order valence-electron chi connectivity index (χ4n) is 2.91. The highest BCUT2D eigenvalue weighted by molar-refractivity contribution is 6.04. The first-order valence-corrected chi connectivity index (χ1v) is 7.12. The summed E-state index contributed by atoms with van der Waals surface area (Å²) in [6, 6.07) is 7.85. The molecule has 1 aromatic carbocycles. The summed E-state index contributed by atoms with van der Waals surface area (Å²) < 4.78 is 1.99. The first kappa shape index (κ1) is 13.7. The van der Waals surface area contributed by atoms with Gasteiger partial charge in [-0.1, -0.05) is 19.1 Å². The molecule has 0 radical (unpaired) electrons. The van der Waals surface area contributed by atoms with Gasteiger partial charge < -0.3 is 15.2 Å². The first-order valence-electron chi connectivity index (χ1n) is 7.12. The number of aromatic nitrogens is 1. The molecule has 21 heavy (non-hydrogen) atoms. The van der Waals surface area contributed by atoms with Gasteiger partial charge in [0, 0.05) is 31.6 Å². The quantitative estimate of drug-likeness (QED) is 0.887. The molecular weight excluding hydrogens is 266 g/mol. The van der Waals surface area contributed by atoms with Gasteiger partial charge in [0.15, 0.2) is 0 Å². The van der Waals surface area contributed by atoms with Crippen LogP contribution in [-0.4, -0.2) is 22.9 Å². The van der Waals surface area contributed by atoms with Gasteiger partial charge in [-0.3, -0.25) is 9.59 Å². The minimum Gasteiger partial charge on any atom is -0.356 e. The Labute approximate surface area is 123 Å². The van der Waals surface area contributed by atoms with E-state index in [-0.39, 0.29) is 18.2 Å². The van der Waals surface area contributed by atoms with Gasteiger partial charge in [-0.05, 0) is 18.6 Å².